The fourth-order valence-corrected chi connectivity index (χ4v) is 2.42. The van der Waals surface area contributed by atoms with E-state index < -0.39 is 0 Å². The first kappa shape index (κ1) is 32.0. The number of nitrogen functional groups attached to an aromatic ring is 1. The molecule has 4 N–H and O–H groups in total. The highest BCUT2D eigenvalue weighted by atomic mass is 32.1. The Kier molecular flexibility index (Phi) is 24.9. The summed E-state index contributed by atoms with van der Waals surface area (Å²) in [7, 11) is 0. The van der Waals surface area contributed by atoms with Crippen LogP contribution in [0.5, 0.6) is 0 Å². The molecule has 2 rings (SSSR count). The number of hydrogen-bond acceptors (Lipinski definition) is 4. The fraction of sp³-hybridized carbons (Fsp3) is 0.652. The van der Waals surface area contributed by atoms with Gasteiger partial charge in [-0.25, -0.2) is 0 Å². The number of benzene rings is 1. The molecule has 0 atom stereocenters. The lowest BCUT2D eigenvalue weighted by Gasteiger charge is -2.23. The molecule has 1 aliphatic rings. The predicted molar refractivity (Wildman–Crippen MR) is 133 cm³/mol. The molecule has 1 aromatic carbocycles. The van der Waals surface area contributed by atoms with E-state index in [0.717, 1.165) is 31.6 Å². The van der Waals surface area contributed by atoms with E-state index in [1.807, 2.05) is 27.7 Å². The number of thiol groups is 1. The highest BCUT2D eigenvalue weighted by Gasteiger charge is 2.18. The molecule has 0 aromatic heterocycles. The average Bonchev–Trinajstić information content (AvgIpc) is 2.74. The van der Waals surface area contributed by atoms with E-state index in [2.05, 4.69) is 44.0 Å². The van der Waals surface area contributed by atoms with Crippen LogP contribution in [0.3, 0.4) is 0 Å². The van der Waals surface area contributed by atoms with Crippen molar-refractivity contribution in [3.05, 3.63) is 23.8 Å². The largest absolute Gasteiger partial charge is 0.398 e. The molecule has 0 unspecified atom stereocenters. The normalized spacial score (nSPS) is 12.2. The van der Waals surface area contributed by atoms with E-state index in [9.17, 15) is 9.59 Å². The van der Waals surface area contributed by atoms with Gasteiger partial charge in [0.15, 0.2) is 0 Å². The van der Waals surface area contributed by atoms with Gasteiger partial charge in [-0.2, -0.15) is 12.6 Å². The molecule has 0 bridgehead atoms. The number of hydrogen-bond donors (Lipinski definition) is 4. The zero-order chi connectivity index (χ0) is 23.2. The number of carbonyl (C=O) groups is 2. The SMILES string of the molecule is CC.CC.CC(C)C.CS.Nc1ccc(NC=O)cc1C(=O)NC1CCCCC1. The van der Waals surface area contributed by atoms with Gasteiger partial charge in [-0.1, -0.05) is 67.7 Å². The van der Waals surface area contributed by atoms with Crippen LogP contribution in [0, 0.1) is 5.92 Å². The van der Waals surface area contributed by atoms with Gasteiger partial charge >= 0.3 is 0 Å². The number of nitrogens with two attached hydrogens (primary N) is 1. The molecule has 0 spiro atoms. The Morgan fingerprint density at radius 2 is 1.55 bits per heavy atom. The Balaban J connectivity index is -0.000000580. The van der Waals surface area contributed by atoms with Gasteiger partial charge in [0.2, 0.25) is 6.41 Å². The average molecular weight is 428 g/mol. The van der Waals surface area contributed by atoms with Crippen LogP contribution in [0.2, 0.25) is 0 Å². The molecule has 170 valence electrons. The molecule has 1 fully saturated rings. The van der Waals surface area contributed by atoms with E-state index in [1.54, 1.807) is 24.5 Å². The summed E-state index contributed by atoms with van der Waals surface area (Å²) in [6.07, 6.45) is 7.89. The minimum atomic E-state index is -0.168. The summed E-state index contributed by atoms with van der Waals surface area (Å²) in [4.78, 5) is 22.6. The van der Waals surface area contributed by atoms with Gasteiger partial charge in [-0.15, -0.1) is 0 Å². The lowest BCUT2D eigenvalue weighted by molar-refractivity contribution is -0.105. The van der Waals surface area contributed by atoms with Crippen molar-refractivity contribution in [3.63, 3.8) is 0 Å². The maximum atomic E-state index is 12.2. The fourth-order valence-electron chi connectivity index (χ4n) is 2.42. The first-order valence-electron chi connectivity index (χ1n) is 10.8. The molecule has 5 nitrogen and oxygen atoms in total. The van der Waals surface area contributed by atoms with Crippen molar-refractivity contribution < 1.29 is 9.59 Å². The Morgan fingerprint density at radius 1 is 1.07 bits per heavy atom. The van der Waals surface area contributed by atoms with Crippen molar-refractivity contribution in [1.82, 2.24) is 5.32 Å². The minimum absolute atomic E-state index is 0.168. The first-order chi connectivity index (χ1) is 13.9. The molecule has 0 radical (unpaired) electrons. The quantitative estimate of drug-likeness (QED) is 0.264. The van der Waals surface area contributed by atoms with Crippen LogP contribution < -0.4 is 16.4 Å². The Hall–Kier alpha value is -1.69. The van der Waals surface area contributed by atoms with Crippen LogP contribution in [-0.4, -0.2) is 24.6 Å². The second-order valence-electron chi connectivity index (χ2n) is 6.60. The molecule has 6 heteroatoms. The van der Waals surface area contributed by atoms with Crippen molar-refractivity contribution in [2.45, 2.75) is 86.6 Å². The number of rotatable bonds is 4. The van der Waals surface area contributed by atoms with Crippen molar-refractivity contribution >= 4 is 36.3 Å². The maximum absolute atomic E-state index is 12.2. The molecule has 1 saturated carbocycles. The topological polar surface area (TPSA) is 84.2 Å². The van der Waals surface area contributed by atoms with Gasteiger partial charge in [0, 0.05) is 17.4 Å². The van der Waals surface area contributed by atoms with E-state index >= 15 is 0 Å². The van der Waals surface area contributed by atoms with Gasteiger partial charge < -0.3 is 16.4 Å². The zero-order valence-corrected chi connectivity index (χ0v) is 20.7. The van der Waals surface area contributed by atoms with Crippen LogP contribution in [0.1, 0.15) is 90.9 Å². The second-order valence-corrected chi connectivity index (χ2v) is 6.60. The summed E-state index contributed by atoms with van der Waals surface area (Å²) in [5.74, 6) is 0.666. The Morgan fingerprint density at radius 3 is 2.00 bits per heavy atom. The van der Waals surface area contributed by atoms with Gasteiger partial charge in [0.05, 0.1) is 5.56 Å². The monoisotopic (exact) mass is 427 g/mol. The van der Waals surface area contributed by atoms with Gasteiger partial charge in [0.25, 0.3) is 5.91 Å². The van der Waals surface area contributed by atoms with Crippen molar-refractivity contribution in [1.29, 1.82) is 0 Å². The van der Waals surface area contributed by atoms with Crippen molar-refractivity contribution in [2.24, 2.45) is 5.92 Å². The Labute approximate surface area is 185 Å². The second kappa shape index (κ2) is 22.6. The smallest absolute Gasteiger partial charge is 0.253 e. The van der Waals surface area contributed by atoms with Crippen LogP contribution in [-0.2, 0) is 4.79 Å². The van der Waals surface area contributed by atoms with Crippen LogP contribution in [0.25, 0.3) is 0 Å². The van der Waals surface area contributed by atoms with E-state index in [1.165, 1.54) is 6.42 Å². The standard InChI is InChI=1S/C14H19N3O2.C4H10.2C2H6.CH4S/c15-13-7-6-11(16-9-18)8-12(13)14(19)17-10-4-2-1-3-5-10;1-4(2)3;3*1-2/h6-10H,1-5,15H2,(H,16,18)(H,17,19);4H,1-3H3;2*1-2H3;2H,1H3. The third-order valence-electron chi connectivity index (χ3n) is 3.46. The van der Waals surface area contributed by atoms with E-state index in [-0.39, 0.29) is 11.9 Å². The summed E-state index contributed by atoms with van der Waals surface area (Å²) >= 11 is 3.53. The number of nitrogens with one attached hydrogen (secondary N) is 2. The van der Waals surface area contributed by atoms with E-state index in [0.29, 0.717) is 23.3 Å². The van der Waals surface area contributed by atoms with E-state index in [4.69, 9.17) is 5.73 Å². The molecule has 29 heavy (non-hydrogen) atoms. The summed E-state index contributed by atoms with van der Waals surface area (Å²) in [5, 5.41) is 5.53. The zero-order valence-electron chi connectivity index (χ0n) is 19.8. The summed E-state index contributed by atoms with van der Waals surface area (Å²) in [6.45, 7) is 14.5. The highest BCUT2D eigenvalue weighted by molar-refractivity contribution is 7.79. The number of anilines is 2. The van der Waals surface area contributed by atoms with Crippen molar-refractivity contribution in [2.75, 3.05) is 17.3 Å². The number of carbonyl (C=O) groups excluding carboxylic acids is 2. The summed E-state index contributed by atoms with van der Waals surface area (Å²) in [5.41, 5.74) is 7.22. The molecule has 0 saturated heterocycles. The van der Waals surface area contributed by atoms with Gasteiger partial charge in [0.1, 0.15) is 0 Å². The summed E-state index contributed by atoms with van der Waals surface area (Å²) in [6, 6.07) is 5.13. The van der Waals surface area contributed by atoms with Crippen LogP contribution in [0.15, 0.2) is 18.2 Å². The molecular weight excluding hydrogens is 382 g/mol. The number of amides is 2. The summed E-state index contributed by atoms with van der Waals surface area (Å²) < 4.78 is 0. The Bertz CT molecular complexity index is 514. The molecule has 1 aliphatic carbocycles. The third kappa shape index (κ3) is 16.9. The molecular formula is C23H45N3O2S. The maximum Gasteiger partial charge on any atom is 0.253 e. The predicted octanol–water partition coefficient (Wildman–Crippen LogP) is 6.16. The van der Waals surface area contributed by atoms with Gasteiger partial charge in [-0.05, 0) is 43.2 Å². The third-order valence-corrected chi connectivity index (χ3v) is 3.46. The molecule has 2 amide bonds. The highest BCUT2D eigenvalue weighted by Crippen LogP contribution is 2.20. The van der Waals surface area contributed by atoms with Gasteiger partial charge in [-0.3, -0.25) is 9.59 Å². The lowest BCUT2D eigenvalue weighted by Crippen LogP contribution is -2.36. The minimum Gasteiger partial charge on any atom is -0.398 e. The molecule has 0 aliphatic heterocycles. The lowest BCUT2D eigenvalue weighted by atomic mass is 9.95. The first-order valence-corrected chi connectivity index (χ1v) is 11.7. The van der Waals surface area contributed by atoms with Crippen LogP contribution >= 0.6 is 12.6 Å². The van der Waals surface area contributed by atoms with Crippen molar-refractivity contribution in [3.8, 4) is 0 Å². The van der Waals surface area contributed by atoms with Crippen LogP contribution in [0.4, 0.5) is 11.4 Å². The molecule has 1 aromatic rings. The molecule has 0 heterocycles.